The maximum absolute atomic E-state index is 12.8. The molecule has 4 rings (SSSR count). The zero-order chi connectivity index (χ0) is 23.4. The second-order valence-corrected chi connectivity index (χ2v) is 7.54. The zero-order valence-electron chi connectivity index (χ0n) is 17.8. The highest BCUT2D eigenvalue weighted by molar-refractivity contribution is 6.32. The number of H-pyrrole nitrogens is 1. The van der Waals surface area contributed by atoms with Crippen molar-refractivity contribution in [2.24, 2.45) is 0 Å². The Morgan fingerprint density at radius 2 is 2.12 bits per heavy atom. The van der Waals surface area contributed by atoms with Gasteiger partial charge < -0.3 is 19.8 Å². The van der Waals surface area contributed by atoms with Crippen LogP contribution in [0.2, 0.25) is 5.02 Å². The number of nitrogens with zero attached hydrogens (tertiary/aromatic N) is 4. The standard InChI is InChI=1S/C23H19ClN6O3/c1-13(28-23-27-11-15(10-25)22(30-23)32-2)17-7-14-8-18(24)20(9-19(14)29-21(17)31)33-12-16-5-3-4-6-26-16/h3-9,11,13H,12H2,1-2H3,(H,29,31)(H,27,28,30). The summed E-state index contributed by atoms with van der Waals surface area (Å²) in [5.74, 6) is 0.830. The summed E-state index contributed by atoms with van der Waals surface area (Å²) in [7, 11) is 1.42. The lowest BCUT2D eigenvalue weighted by atomic mass is 10.1. The Labute approximate surface area is 194 Å². The Bertz CT molecular complexity index is 1400. The summed E-state index contributed by atoms with van der Waals surface area (Å²) in [6.45, 7) is 2.06. The second kappa shape index (κ2) is 9.54. The molecule has 9 nitrogen and oxygen atoms in total. The van der Waals surface area contributed by atoms with Gasteiger partial charge in [0.2, 0.25) is 11.8 Å². The monoisotopic (exact) mass is 462 g/mol. The molecule has 0 spiro atoms. The van der Waals surface area contributed by atoms with Crippen LogP contribution in [0, 0.1) is 11.3 Å². The van der Waals surface area contributed by atoms with Crippen LogP contribution in [0.4, 0.5) is 5.95 Å². The van der Waals surface area contributed by atoms with E-state index in [9.17, 15) is 4.79 Å². The van der Waals surface area contributed by atoms with E-state index in [0.29, 0.717) is 21.9 Å². The van der Waals surface area contributed by atoms with Crippen molar-refractivity contribution < 1.29 is 9.47 Å². The van der Waals surface area contributed by atoms with Crippen molar-refractivity contribution in [2.75, 3.05) is 12.4 Å². The van der Waals surface area contributed by atoms with Crippen molar-refractivity contribution in [1.29, 1.82) is 5.26 Å². The van der Waals surface area contributed by atoms with Crippen molar-refractivity contribution in [3.05, 3.63) is 81.0 Å². The summed E-state index contributed by atoms with van der Waals surface area (Å²) >= 11 is 6.42. The Morgan fingerprint density at radius 3 is 2.85 bits per heavy atom. The number of rotatable bonds is 7. The maximum atomic E-state index is 12.8. The predicted molar refractivity (Wildman–Crippen MR) is 123 cm³/mol. The molecule has 1 atom stereocenters. The van der Waals surface area contributed by atoms with Gasteiger partial charge in [0.1, 0.15) is 24.0 Å². The number of ether oxygens (including phenoxy) is 2. The molecule has 4 aromatic rings. The number of hydrogen-bond acceptors (Lipinski definition) is 8. The number of methoxy groups -OCH3 is 1. The number of aromatic amines is 1. The van der Waals surface area contributed by atoms with Crippen LogP contribution in [0.15, 0.2) is 53.6 Å². The first-order valence-corrected chi connectivity index (χ1v) is 10.3. The van der Waals surface area contributed by atoms with E-state index in [1.807, 2.05) is 24.3 Å². The van der Waals surface area contributed by atoms with E-state index in [1.165, 1.54) is 13.3 Å². The molecule has 3 heterocycles. The molecule has 0 aliphatic heterocycles. The molecule has 10 heteroatoms. The minimum absolute atomic E-state index is 0.152. The zero-order valence-corrected chi connectivity index (χ0v) is 18.6. The molecule has 0 bridgehead atoms. The first kappa shape index (κ1) is 22.0. The molecule has 0 aliphatic rings. The molecule has 3 aromatic heterocycles. The Morgan fingerprint density at radius 1 is 1.27 bits per heavy atom. The molecule has 166 valence electrons. The minimum Gasteiger partial charge on any atom is -0.486 e. The quantitative estimate of drug-likeness (QED) is 0.422. The molecule has 0 aliphatic carbocycles. The van der Waals surface area contributed by atoms with Gasteiger partial charge in [-0.15, -0.1) is 0 Å². The molecular weight excluding hydrogens is 444 g/mol. The Kier molecular flexibility index (Phi) is 6.38. The van der Waals surface area contributed by atoms with Gasteiger partial charge >= 0.3 is 0 Å². The average molecular weight is 463 g/mol. The van der Waals surface area contributed by atoms with Gasteiger partial charge in [0, 0.05) is 23.2 Å². The van der Waals surface area contributed by atoms with Crippen LogP contribution in [0.1, 0.15) is 29.8 Å². The van der Waals surface area contributed by atoms with E-state index < -0.39 is 6.04 Å². The number of benzene rings is 1. The van der Waals surface area contributed by atoms with E-state index in [4.69, 9.17) is 26.3 Å². The molecule has 2 N–H and O–H groups in total. The normalized spacial score (nSPS) is 11.6. The van der Waals surface area contributed by atoms with Crippen LogP contribution < -0.4 is 20.3 Å². The van der Waals surface area contributed by atoms with E-state index in [2.05, 4.69) is 25.3 Å². The fraction of sp³-hybridized carbons (Fsp3) is 0.174. The van der Waals surface area contributed by atoms with Crippen molar-refractivity contribution in [3.63, 3.8) is 0 Å². The Hall–Kier alpha value is -4.16. The fourth-order valence-corrected chi connectivity index (χ4v) is 3.46. The number of halogens is 1. The molecule has 0 saturated heterocycles. The number of nitriles is 1. The number of pyridine rings is 2. The molecule has 1 unspecified atom stereocenters. The van der Waals surface area contributed by atoms with E-state index in [-0.39, 0.29) is 29.6 Å². The smallest absolute Gasteiger partial charge is 0.253 e. The molecule has 0 fully saturated rings. The van der Waals surface area contributed by atoms with Gasteiger partial charge in [0.15, 0.2) is 0 Å². The topological polar surface area (TPSA) is 126 Å². The SMILES string of the molecule is COc1nc(NC(C)c2cc3cc(Cl)c(OCc4ccccn4)cc3[nH]c2=O)ncc1C#N. The van der Waals surface area contributed by atoms with Crippen LogP contribution in [-0.4, -0.2) is 27.0 Å². The fourth-order valence-electron chi connectivity index (χ4n) is 3.23. The highest BCUT2D eigenvalue weighted by Gasteiger charge is 2.15. The number of aromatic nitrogens is 4. The van der Waals surface area contributed by atoms with Gasteiger partial charge in [0.05, 0.1) is 35.6 Å². The maximum Gasteiger partial charge on any atom is 0.253 e. The number of hydrogen-bond donors (Lipinski definition) is 2. The highest BCUT2D eigenvalue weighted by atomic mass is 35.5. The largest absolute Gasteiger partial charge is 0.486 e. The van der Waals surface area contributed by atoms with Gasteiger partial charge in [-0.25, -0.2) is 4.98 Å². The van der Waals surface area contributed by atoms with Crippen LogP contribution in [-0.2, 0) is 6.61 Å². The van der Waals surface area contributed by atoms with Gasteiger partial charge in [-0.3, -0.25) is 9.78 Å². The molecule has 0 saturated carbocycles. The van der Waals surface area contributed by atoms with E-state index >= 15 is 0 Å². The second-order valence-electron chi connectivity index (χ2n) is 7.13. The first-order valence-electron chi connectivity index (χ1n) is 9.95. The van der Waals surface area contributed by atoms with Crippen LogP contribution in [0.5, 0.6) is 11.6 Å². The van der Waals surface area contributed by atoms with Gasteiger partial charge in [-0.05, 0) is 31.2 Å². The van der Waals surface area contributed by atoms with Crippen molar-refractivity contribution in [2.45, 2.75) is 19.6 Å². The lowest BCUT2D eigenvalue weighted by molar-refractivity contribution is 0.302. The third-order valence-electron chi connectivity index (χ3n) is 4.91. The summed E-state index contributed by atoms with van der Waals surface area (Å²) < 4.78 is 10.9. The van der Waals surface area contributed by atoms with Crippen molar-refractivity contribution in [1.82, 2.24) is 19.9 Å². The van der Waals surface area contributed by atoms with Gasteiger partial charge in [-0.2, -0.15) is 10.2 Å². The van der Waals surface area contributed by atoms with Crippen LogP contribution in [0.25, 0.3) is 10.9 Å². The van der Waals surface area contributed by atoms with E-state index in [0.717, 1.165) is 11.1 Å². The third-order valence-corrected chi connectivity index (χ3v) is 5.20. The lowest BCUT2D eigenvalue weighted by Gasteiger charge is -2.15. The Balaban J connectivity index is 1.58. The van der Waals surface area contributed by atoms with Crippen LogP contribution >= 0.6 is 11.6 Å². The number of anilines is 1. The summed E-state index contributed by atoms with van der Waals surface area (Å²) in [6, 6.07) is 12.3. The van der Waals surface area contributed by atoms with Crippen molar-refractivity contribution >= 4 is 28.5 Å². The summed E-state index contributed by atoms with van der Waals surface area (Å²) in [6.07, 6.45) is 3.05. The minimum atomic E-state index is -0.436. The third kappa shape index (κ3) is 4.86. The number of nitrogens with one attached hydrogen (secondary N) is 2. The summed E-state index contributed by atoms with van der Waals surface area (Å²) in [4.78, 5) is 28.1. The lowest BCUT2D eigenvalue weighted by Crippen LogP contribution is -2.20. The molecule has 33 heavy (non-hydrogen) atoms. The molecule has 0 radical (unpaired) electrons. The average Bonchev–Trinajstić information content (AvgIpc) is 2.83. The molecular formula is C23H19ClN6O3. The van der Waals surface area contributed by atoms with Crippen LogP contribution in [0.3, 0.4) is 0 Å². The van der Waals surface area contributed by atoms with E-state index in [1.54, 1.807) is 31.3 Å². The van der Waals surface area contributed by atoms with Crippen molar-refractivity contribution in [3.8, 4) is 17.7 Å². The van der Waals surface area contributed by atoms with Gasteiger partial charge in [-0.1, -0.05) is 17.7 Å². The molecule has 1 aromatic carbocycles. The first-order chi connectivity index (χ1) is 16.0. The summed E-state index contributed by atoms with van der Waals surface area (Å²) in [5, 5.41) is 13.3. The highest BCUT2D eigenvalue weighted by Crippen LogP contribution is 2.30. The molecule has 0 amide bonds. The number of fused-ring (bicyclic) bond motifs is 1. The van der Waals surface area contributed by atoms with Gasteiger partial charge in [0.25, 0.3) is 5.56 Å². The predicted octanol–water partition coefficient (Wildman–Crippen LogP) is 4.00. The summed E-state index contributed by atoms with van der Waals surface area (Å²) in [5.41, 5.74) is 1.76.